The topological polar surface area (TPSA) is 84.6 Å². The van der Waals surface area contributed by atoms with Crippen molar-refractivity contribution in [2.75, 3.05) is 13.2 Å². The third-order valence-electron chi connectivity index (χ3n) is 3.13. The summed E-state index contributed by atoms with van der Waals surface area (Å²) >= 11 is 11.8. The predicted octanol–water partition coefficient (Wildman–Crippen LogP) is 2.37. The lowest BCUT2D eigenvalue weighted by Crippen LogP contribution is -2.53. The molecular weight excluding hydrogens is 327 g/mol. The van der Waals surface area contributed by atoms with Crippen LogP contribution in [0.3, 0.4) is 0 Å². The molecule has 5 nitrogen and oxygen atoms in total. The molecule has 1 aromatic carbocycles. The summed E-state index contributed by atoms with van der Waals surface area (Å²) in [5.41, 5.74) is 4.96. The summed E-state index contributed by atoms with van der Waals surface area (Å²) in [6, 6.07) is 4.99. The summed E-state index contributed by atoms with van der Waals surface area (Å²) in [6.45, 7) is 3.65. The van der Waals surface area contributed by atoms with Gasteiger partial charge in [0.05, 0.1) is 10.6 Å². The molecule has 1 rings (SSSR count). The average Bonchev–Trinajstić information content (AvgIpc) is 2.46. The smallest absolute Gasteiger partial charge is 0.239 e. The molecule has 0 spiro atoms. The molecule has 0 aliphatic rings. The van der Waals surface area contributed by atoms with Crippen LogP contribution in [-0.2, 0) is 4.79 Å². The first kappa shape index (κ1) is 19.0. The van der Waals surface area contributed by atoms with E-state index in [1.807, 2.05) is 6.92 Å². The number of benzene rings is 1. The van der Waals surface area contributed by atoms with Crippen LogP contribution in [0.2, 0.25) is 10.0 Å². The zero-order valence-electron chi connectivity index (χ0n) is 12.7. The molecule has 2 atom stereocenters. The van der Waals surface area contributed by atoms with Gasteiger partial charge in [0.2, 0.25) is 5.91 Å². The van der Waals surface area contributed by atoms with Gasteiger partial charge < -0.3 is 20.9 Å². The van der Waals surface area contributed by atoms with E-state index in [0.29, 0.717) is 17.2 Å². The van der Waals surface area contributed by atoms with E-state index in [4.69, 9.17) is 33.7 Å². The second kappa shape index (κ2) is 8.58. The van der Waals surface area contributed by atoms with Gasteiger partial charge in [-0.15, -0.1) is 0 Å². The van der Waals surface area contributed by atoms with E-state index in [1.54, 1.807) is 25.1 Å². The maximum Gasteiger partial charge on any atom is 0.239 e. The van der Waals surface area contributed by atoms with Crippen molar-refractivity contribution in [1.82, 2.24) is 5.32 Å². The number of carbonyl (C=O) groups excluding carboxylic acids is 1. The number of amides is 1. The lowest BCUT2D eigenvalue weighted by molar-refractivity contribution is -0.126. The van der Waals surface area contributed by atoms with Gasteiger partial charge in [-0.25, -0.2) is 0 Å². The van der Waals surface area contributed by atoms with Crippen LogP contribution in [-0.4, -0.2) is 35.8 Å². The van der Waals surface area contributed by atoms with Crippen molar-refractivity contribution < 1.29 is 14.6 Å². The average molecular weight is 349 g/mol. The van der Waals surface area contributed by atoms with Crippen molar-refractivity contribution in [3.8, 4) is 5.75 Å². The Morgan fingerprint density at radius 2 is 2.18 bits per heavy atom. The first-order valence-corrected chi connectivity index (χ1v) is 7.85. The highest BCUT2D eigenvalue weighted by molar-refractivity contribution is 6.42. The number of aliphatic hydroxyl groups is 1. The van der Waals surface area contributed by atoms with Gasteiger partial charge in [0.15, 0.2) is 0 Å². The van der Waals surface area contributed by atoms with Crippen LogP contribution in [0, 0.1) is 0 Å². The van der Waals surface area contributed by atoms with Gasteiger partial charge in [-0.05, 0) is 25.5 Å². The van der Waals surface area contributed by atoms with E-state index >= 15 is 0 Å². The SMILES string of the molecule is CCCC(C)(N)C(=O)NCC(O)COc1cccc(Cl)c1Cl. The molecule has 0 aliphatic heterocycles. The van der Waals surface area contributed by atoms with E-state index in [0.717, 1.165) is 6.42 Å². The molecule has 0 bridgehead atoms. The minimum absolute atomic E-state index is 0.0184. The van der Waals surface area contributed by atoms with Crippen molar-refractivity contribution in [1.29, 1.82) is 0 Å². The highest BCUT2D eigenvalue weighted by Gasteiger charge is 2.27. The van der Waals surface area contributed by atoms with Gasteiger partial charge in [-0.3, -0.25) is 4.79 Å². The lowest BCUT2D eigenvalue weighted by Gasteiger charge is -2.23. The van der Waals surface area contributed by atoms with Crippen molar-refractivity contribution in [3.05, 3.63) is 28.2 Å². The van der Waals surface area contributed by atoms with E-state index in [-0.39, 0.29) is 24.1 Å². The van der Waals surface area contributed by atoms with E-state index in [1.165, 1.54) is 0 Å². The van der Waals surface area contributed by atoms with Crippen LogP contribution in [0.1, 0.15) is 26.7 Å². The number of carbonyl (C=O) groups is 1. The number of halogens is 2. The maximum absolute atomic E-state index is 11.9. The molecule has 0 radical (unpaired) electrons. The Kier molecular flexibility index (Phi) is 7.42. The summed E-state index contributed by atoms with van der Waals surface area (Å²) < 4.78 is 5.40. The molecule has 0 aromatic heterocycles. The number of ether oxygens (including phenoxy) is 1. The maximum atomic E-state index is 11.9. The van der Waals surface area contributed by atoms with Crippen LogP contribution < -0.4 is 15.8 Å². The predicted molar refractivity (Wildman–Crippen MR) is 88.5 cm³/mol. The highest BCUT2D eigenvalue weighted by Crippen LogP contribution is 2.31. The lowest BCUT2D eigenvalue weighted by atomic mass is 9.96. The Bertz CT molecular complexity index is 510. The molecular formula is C15H22Cl2N2O3. The quantitative estimate of drug-likeness (QED) is 0.673. The van der Waals surface area contributed by atoms with Crippen molar-refractivity contribution >= 4 is 29.1 Å². The molecule has 0 fully saturated rings. The van der Waals surface area contributed by atoms with E-state index in [2.05, 4.69) is 5.32 Å². The zero-order chi connectivity index (χ0) is 16.8. The summed E-state index contributed by atoms with van der Waals surface area (Å²) in [4.78, 5) is 11.9. The first-order chi connectivity index (χ1) is 10.3. The van der Waals surface area contributed by atoms with E-state index in [9.17, 15) is 9.90 Å². The van der Waals surface area contributed by atoms with Gasteiger partial charge in [0.1, 0.15) is 23.5 Å². The number of nitrogens with two attached hydrogens (primary N) is 1. The number of aliphatic hydroxyl groups excluding tert-OH is 1. The summed E-state index contributed by atoms with van der Waals surface area (Å²) in [5, 5.41) is 13.1. The van der Waals surface area contributed by atoms with Gasteiger partial charge in [-0.2, -0.15) is 0 Å². The van der Waals surface area contributed by atoms with Crippen LogP contribution in [0.5, 0.6) is 5.75 Å². The van der Waals surface area contributed by atoms with Crippen molar-refractivity contribution in [2.24, 2.45) is 5.73 Å². The van der Waals surface area contributed by atoms with Crippen molar-refractivity contribution in [2.45, 2.75) is 38.3 Å². The van der Waals surface area contributed by atoms with Crippen LogP contribution in [0.15, 0.2) is 18.2 Å². The molecule has 124 valence electrons. The Hall–Kier alpha value is -1.01. The Labute approximate surface area is 140 Å². The highest BCUT2D eigenvalue weighted by atomic mass is 35.5. The van der Waals surface area contributed by atoms with Crippen LogP contribution >= 0.6 is 23.2 Å². The molecule has 2 unspecified atom stereocenters. The first-order valence-electron chi connectivity index (χ1n) is 7.10. The van der Waals surface area contributed by atoms with Gasteiger partial charge >= 0.3 is 0 Å². The third kappa shape index (κ3) is 5.65. The number of hydrogen-bond donors (Lipinski definition) is 3. The molecule has 22 heavy (non-hydrogen) atoms. The standard InChI is InChI=1S/C15H22Cl2N2O3/c1-3-7-15(2,18)14(21)19-8-10(20)9-22-12-6-4-5-11(16)13(12)17/h4-6,10,20H,3,7-9,18H2,1-2H3,(H,19,21). The summed E-state index contributed by atoms with van der Waals surface area (Å²) in [7, 11) is 0. The van der Waals surface area contributed by atoms with Crippen LogP contribution in [0.25, 0.3) is 0 Å². The summed E-state index contributed by atoms with van der Waals surface area (Å²) in [5.74, 6) is 0.0865. The summed E-state index contributed by atoms with van der Waals surface area (Å²) in [6.07, 6.45) is 0.500. The second-order valence-corrected chi connectivity index (χ2v) is 6.18. The fraction of sp³-hybridized carbons (Fsp3) is 0.533. The Balaban J connectivity index is 2.42. The molecule has 4 N–H and O–H groups in total. The molecule has 1 amide bonds. The van der Waals surface area contributed by atoms with Crippen LogP contribution in [0.4, 0.5) is 0 Å². The number of nitrogens with one attached hydrogen (secondary N) is 1. The fourth-order valence-corrected chi connectivity index (χ4v) is 2.23. The molecule has 1 aromatic rings. The van der Waals surface area contributed by atoms with Crippen molar-refractivity contribution in [3.63, 3.8) is 0 Å². The minimum Gasteiger partial charge on any atom is -0.489 e. The molecule has 0 saturated carbocycles. The minimum atomic E-state index is -0.939. The molecule has 0 saturated heterocycles. The number of hydrogen-bond acceptors (Lipinski definition) is 4. The van der Waals surface area contributed by atoms with Gasteiger partial charge in [0.25, 0.3) is 0 Å². The molecule has 7 heteroatoms. The molecule has 0 heterocycles. The largest absolute Gasteiger partial charge is 0.489 e. The zero-order valence-corrected chi connectivity index (χ0v) is 14.2. The fourth-order valence-electron chi connectivity index (χ4n) is 1.89. The van der Waals surface area contributed by atoms with Gasteiger partial charge in [0, 0.05) is 6.54 Å². The van der Waals surface area contributed by atoms with Gasteiger partial charge in [-0.1, -0.05) is 42.6 Å². The Morgan fingerprint density at radius 3 is 2.82 bits per heavy atom. The molecule has 0 aliphatic carbocycles. The monoisotopic (exact) mass is 348 g/mol. The number of rotatable bonds is 8. The third-order valence-corrected chi connectivity index (χ3v) is 3.94. The van der Waals surface area contributed by atoms with E-state index < -0.39 is 11.6 Å². The normalized spacial score (nSPS) is 15.0. The second-order valence-electron chi connectivity index (χ2n) is 5.39. The Morgan fingerprint density at radius 1 is 1.50 bits per heavy atom.